The number of amides is 4. The predicted molar refractivity (Wildman–Crippen MR) is 57.5 cm³/mol. The fourth-order valence-electron chi connectivity index (χ4n) is 1.61. The van der Waals surface area contributed by atoms with Crippen molar-refractivity contribution in [1.82, 2.24) is 16.0 Å². The van der Waals surface area contributed by atoms with Gasteiger partial charge < -0.3 is 10.6 Å². The Morgan fingerprint density at radius 3 is 2.44 bits per heavy atom. The molecule has 90 valence electrons. The van der Waals surface area contributed by atoms with Gasteiger partial charge in [0.1, 0.15) is 6.04 Å². The van der Waals surface area contributed by atoms with E-state index in [9.17, 15) is 14.4 Å². The molecule has 1 rings (SSSR count). The summed E-state index contributed by atoms with van der Waals surface area (Å²) in [7, 11) is 0. The number of imide groups is 1. The second-order valence-corrected chi connectivity index (χ2v) is 3.77. The fourth-order valence-corrected chi connectivity index (χ4v) is 1.61. The lowest BCUT2D eigenvalue weighted by atomic mass is 10.0. The van der Waals surface area contributed by atoms with Gasteiger partial charge in [-0.3, -0.25) is 14.9 Å². The zero-order valence-corrected chi connectivity index (χ0v) is 9.50. The summed E-state index contributed by atoms with van der Waals surface area (Å²) >= 11 is 0. The summed E-state index contributed by atoms with van der Waals surface area (Å²) in [5, 5.41) is 7.19. The molecule has 0 aromatic carbocycles. The van der Waals surface area contributed by atoms with E-state index in [2.05, 4.69) is 16.0 Å². The maximum atomic E-state index is 11.6. The summed E-state index contributed by atoms with van der Waals surface area (Å²) in [6, 6.07) is -1.16. The molecule has 1 heterocycles. The van der Waals surface area contributed by atoms with E-state index in [1.165, 1.54) is 0 Å². The largest absolute Gasteiger partial charge is 0.353 e. The third kappa shape index (κ3) is 2.95. The number of hydrogen-bond acceptors (Lipinski definition) is 3. The van der Waals surface area contributed by atoms with Crippen LogP contribution in [0, 0.1) is 5.92 Å². The van der Waals surface area contributed by atoms with Crippen LogP contribution < -0.4 is 16.0 Å². The van der Waals surface area contributed by atoms with Crippen LogP contribution in [-0.4, -0.2) is 30.4 Å². The van der Waals surface area contributed by atoms with Crippen LogP contribution in [0.3, 0.4) is 0 Å². The van der Waals surface area contributed by atoms with Gasteiger partial charge in [0.2, 0.25) is 5.91 Å². The van der Waals surface area contributed by atoms with Gasteiger partial charge in [-0.2, -0.15) is 0 Å². The standard InChI is InChI=1S/C10H17N3O3/c1-3-6(4-2)8(14)11-5-7-9(15)13-10(16)12-7/h6-7H,3-5H2,1-2H3,(H,11,14)(H2,12,13,15,16). The van der Waals surface area contributed by atoms with E-state index in [1.54, 1.807) is 0 Å². The van der Waals surface area contributed by atoms with Crippen LogP contribution in [0.5, 0.6) is 0 Å². The van der Waals surface area contributed by atoms with Crippen molar-refractivity contribution in [2.45, 2.75) is 32.7 Å². The highest BCUT2D eigenvalue weighted by Gasteiger charge is 2.29. The molecule has 1 aliphatic rings. The van der Waals surface area contributed by atoms with Gasteiger partial charge in [-0.15, -0.1) is 0 Å². The molecule has 4 amide bonds. The zero-order valence-electron chi connectivity index (χ0n) is 9.50. The van der Waals surface area contributed by atoms with Crippen LogP contribution in [0.15, 0.2) is 0 Å². The van der Waals surface area contributed by atoms with Crippen molar-refractivity contribution in [3.8, 4) is 0 Å². The molecule has 6 nitrogen and oxygen atoms in total. The Labute approximate surface area is 94.2 Å². The number of rotatable bonds is 5. The summed E-state index contributed by atoms with van der Waals surface area (Å²) in [5.74, 6) is -0.492. The molecule has 0 aromatic heterocycles. The molecule has 1 fully saturated rings. The molecule has 1 saturated heterocycles. The average Bonchev–Trinajstić information content (AvgIpc) is 2.56. The lowest BCUT2D eigenvalue weighted by molar-refractivity contribution is -0.125. The van der Waals surface area contributed by atoms with E-state index in [-0.39, 0.29) is 18.4 Å². The highest BCUT2D eigenvalue weighted by atomic mass is 16.2. The van der Waals surface area contributed by atoms with Crippen molar-refractivity contribution < 1.29 is 14.4 Å². The van der Waals surface area contributed by atoms with Gasteiger partial charge in [-0.25, -0.2) is 4.79 Å². The molecule has 0 aromatic rings. The van der Waals surface area contributed by atoms with Gasteiger partial charge in [0, 0.05) is 12.5 Å². The molecule has 1 unspecified atom stereocenters. The third-order valence-electron chi connectivity index (χ3n) is 2.70. The van der Waals surface area contributed by atoms with Gasteiger partial charge in [0.15, 0.2) is 0 Å². The number of carbonyl (C=O) groups is 3. The lowest BCUT2D eigenvalue weighted by Gasteiger charge is -2.14. The van der Waals surface area contributed by atoms with Crippen LogP contribution in [0.25, 0.3) is 0 Å². The topological polar surface area (TPSA) is 87.3 Å². The maximum Gasteiger partial charge on any atom is 0.322 e. The maximum absolute atomic E-state index is 11.6. The normalized spacial score (nSPS) is 19.6. The molecule has 0 radical (unpaired) electrons. The van der Waals surface area contributed by atoms with Crippen molar-refractivity contribution in [2.24, 2.45) is 5.92 Å². The third-order valence-corrected chi connectivity index (χ3v) is 2.70. The second kappa shape index (κ2) is 5.48. The Kier molecular flexibility index (Phi) is 4.28. The van der Waals surface area contributed by atoms with Gasteiger partial charge in [-0.05, 0) is 12.8 Å². The van der Waals surface area contributed by atoms with Crippen LogP contribution >= 0.6 is 0 Å². The van der Waals surface area contributed by atoms with Crippen LogP contribution in [0.2, 0.25) is 0 Å². The quantitative estimate of drug-likeness (QED) is 0.566. The van der Waals surface area contributed by atoms with E-state index in [4.69, 9.17) is 0 Å². The molecule has 0 saturated carbocycles. The minimum atomic E-state index is -0.647. The molecular weight excluding hydrogens is 210 g/mol. The Bertz CT molecular complexity index is 300. The molecule has 16 heavy (non-hydrogen) atoms. The van der Waals surface area contributed by atoms with Gasteiger partial charge in [-0.1, -0.05) is 13.8 Å². The minimum absolute atomic E-state index is 0.0276. The number of urea groups is 1. The monoisotopic (exact) mass is 227 g/mol. The van der Waals surface area contributed by atoms with Crippen molar-refractivity contribution in [3.05, 3.63) is 0 Å². The van der Waals surface area contributed by atoms with E-state index in [1.807, 2.05) is 13.8 Å². The summed E-state index contributed by atoms with van der Waals surface area (Å²) in [5.41, 5.74) is 0. The molecule has 1 aliphatic heterocycles. The van der Waals surface area contributed by atoms with Crippen LogP contribution in [0.4, 0.5) is 4.79 Å². The van der Waals surface area contributed by atoms with E-state index < -0.39 is 18.0 Å². The molecule has 6 heteroatoms. The van der Waals surface area contributed by atoms with Crippen molar-refractivity contribution >= 4 is 17.8 Å². The number of carbonyl (C=O) groups excluding carboxylic acids is 3. The highest BCUT2D eigenvalue weighted by Crippen LogP contribution is 2.06. The Hall–Kier alpha value is -1.59. The molecule has 0 aliphatic carbocycles. The second-order valence-electron chi connectivity index (χ2n) is 3.77. The minimum Gasteiger partial charge on any atom is -0.353 e. The van der Waals surface area contributed by atoms with Crippen molar-refractivity contribution in [2.75, 3.05) is 6.54 Å². The number of hydrogen-bond donors (Lipinski definition) is 3. The van der Waals surface area contributed by atoms with Gasteiger partial charge >= 0.3 is 6.03 Å². The predicted octanol–water partition coefficient (Wildman–Crippen LogP) is -0.253. The average molecular weight is 227 g/mol. The Balaban J connectivity index is 2.37. The zero-order chi connectivity index (χ0) is 12.1. The summed E-state index contributed by atoms with van der Waals surface area (Å²) in [6.07, 6.45) is 1.54. The summed E-state index contributed by atoms with van der Waals surface area (Å²) in [4.78, 5) is 33.6. The van der Waals surface area contributed by atoms with Crippen LogP contribution in [0.1, 0.15) is 26.7 Å². The highest BCUT2D eigenvalue weighted by molar-refractivity contribution is 6.04. The van der Waals surface area contributed by atoms with E-state index in [0.29, 0.717) is 0 Å². The summed E-state index contributed by atoms with van der Waals surface area (Å²) in [6.45, 7) is 4.03. The van der Waals surface area contributed by atoms with Gasteiger partial charge in [0.05, 0.1) is 0 Å². The fraction of sp³-hybridized carbons (Fsp3) is 0.700. The molecule has 0 bridgehead atoms. The first-order valence-electron chi connectivity index (χ1n) is 5.47. The first-order valence-corrected chi connectivity index (χ1v) is 5.47. The smallest absolute Gasteiger partial charge is 0.322 e. The molecule has 0 spiro atoms. The molecule has 3 N–H and O–H groups in total. The number of nitrogens with one attached hydrogen (secondary N) is 3. The Morgan fingerprint density at radius 1 is 1.38 bits per heavy atom. The van der Waals surface area contributed by atoms with Crippen molar-refractivity contribution in [3.63, 3.8) is 0 Å². The molecular formula is C10H17N3O3. The first-order chi connectivity index (χ1) is 7.58. The van der Waals surface area contributed by atoms with Gasteiger partial charge in [0.25, 0.3) is 5.91 Å². The van der Waals surface area contributed by atoms with E-state index >= 15 is 0 Å². The SMILES string of the molecule is CCC(CC)C(=O)NCC1NC(=O)NC1=O. The lowest BCUT2D eigenvalue weighted by Crippen LogP contribution is -2.43. The molecule has 1 atom stereocenters. The van der Waals surface area contributed by atoms with E-state index in [0.717, 1.165) is 12.8 Å². The first kappa shape index (κ1) is 12.5. The summed E-state index contributed by atoms with van der Waals surface area (Å²) < 4.78 is 0. The Morgan fingerprint density at radius 2 is 2.00 bits per heavy atom. The van der Waals surface area contributed by atoms with Crippen LogP contribution in [-0.2, 0) is 9.59 Å². The van der Waals surface area contributed by atoms with Crippen molar-refractivity contribution in [1.29, 1.82) is 0 Å².